The molecule has 1 amide bonds. The summed E-state index contributed by atoms with van der Waals surface area (Å²) < 4.78 is 21.2. The largest absolute Gasteiger partial charge is 0.383 e. The molecule has 0 radical (unpaired) electrons. The molecule has 0 aliphatic rings. The Morgan fingerprint density at radius 2 is 1.93 bits per heavy atom. The Bertz CT molecular complexity index is 1050. The Morgan fingerprint density at radius 1 is 1.21 bits per heavy atom. The van der Waals surface area contributed by atoms with Gasteiger partial charge >= 0.3 is 0 Å². The van der Waals surface area contributed by atoms with E-state index in [9.17, 15) is 14.0 Å². The van der Waals surface area contributed by atoms with Crippen LogP contribution in [0.15, 0.2) is 35.3 Å². The van der Waals surface area contributed by atoms with E-state index in [0.717, 1.165) is 22.3 Å². The topological polar surface area (TPSA) is 78.2 Å². The summed E-state index contributed by atoms with van der Waals surface area (Å²) in [5.74, 6) is -0.586. The third-order valence-corrected chi connectivity index (χ3v) is 4.78. The van der Waals surface area contributed by atoms with E-state index in [0.29, 0.717) is 25.1 Å². The summed E-state index contributed by atoms with van der Waals surface area (Å²) in [7, 11) is 1.55. The number of hydrogen-bond acceptors (Lipinski definition) is 4. The molecule has 8 heteroatoms. The summed E-state index contributed by atoms with van der Waals surface area (Å²) in [5, 5.41) is 8.13. The average molecular weight is 386 g/mol. The third-order valence-electron chi connectivity index (χ3n) is 4.78. The van der Waals surface area contributed by atoms with E-state index in [4.69, 9.17) is 4.74 Å². The zero-order chi connectivity index (χ0) is 20.3. The molecular formula is C20H23FN4O3. The van der Waals surface area contributed by atoms with Crippen molar-refractivity contribution < 1.29 is 13.9 Å². The van der Waals surface area contributed by atoms with Crippen molar-refractivity contribution in [2.75, 3.05) is 20.3 Å². The van der Waals surface area contributed by atoms with E-state index in [2.05, 4.69) is 10.4 Å². The number of carbonyl (C=O) groups is 1. The van der Waals surface area contributed by atoms with Crippen LogP contribution in [0.3, 0.4) is 0 Å². The first-order valence-corrected chi connectivity index (χ1v) is 8.98. The van der Waals surface area contributed by atoms with Crippen molar-refractivity contribution in [2.24, 2.45) is 0 Å². The van der Waals surface area contributed by atoms with Gasteiger partial charge in [0.2, 0.25) is 5.91 Å². The molecule has 0 unspecified atom stereocenters. The van der Waals surface area contributed by atoms with Crippen LogP contribution >= 0.6 is 0 Å². The summed E-state index contributed by atoms with van der Waals surface area (Å²) in [4.78, 5) is 24.9. The van der Waals surface area contributed by atoms with E-state index >= 15 is 0 Å². The van der Waals surface area contributed by atoms with Gasteiger partial charge in [-0.1, -0.05) is 12.1 Å². The van der Waals surface area contributed by atoms with Crippen molar-refractivity contribution in [3.63, 3.8) is 0 Å². The summed E-state index contributed by atoms with van der Waals surface area (Å²) in [5.41, 5.74) is 2.31. The lowest BCUT2D eigenvalue weighted by Crippen LogP contribution is -2.35. The number of rotatable bonds is 7. The number of fused-ring (bicyclic) bond motifs is 1. The number of benzene rings is 1. The number of nitrogens with zero attached hydrogens (tertiary/aromatic N) is 3. The number of aryl methyl sites for hydroxylation is 2. The lowest BCUT2D eigenvalue weighted by molar-refractivity contribution is -0.122. The number of nitrogens with one attached hydrogen (secondary N) is 1. The second kappa shape index (κ2) is 8.35. The second-order valence-corrected chi connectivity index (χ2v) is 6.62. The van der Waals surface area contributed by atoms with Gasteiger partial charge in [0.05, 0.1) is 18.2 Å². The molecule has 0 fully saturated rings. The average Bonchev–Trinajstić information content (AvgIpc) is 2.91. The van der Waals surface area contributed by atoms with Gasteiger partial charge in [-0.15, -0.1) is 0 Å². The van der Waals surface area contributed by atoms with Gasteiger partial charge in [0, 0.05) is 37.0 Å². The van der Waals surface area contributed by atoms with E-state index in [1.165, 1.54) is 16.8 Å². The summed E-state index contributed by atoms with van der Waals surface area (Å²) in [6, 6.07) is 6.28. The molecule has 1 N–H and O–H groups in total. The Labute approximate surface area is 161 Å². The predicted octanol–water partition coefficient (Wildman–Crippen LogP) is 1.76. The Balaban J connectivity index is 1.92. The lowest BCUT2D eigenvalue weighted by Gasteiger charge is -2.09. The van der Waals surface area contributed by atoms with Crippen LogP contribution in [0.1, 0.15) is 17.0 Å². The molecule has 0 aliphatic heterocycles. The molecule has 0 saturated carbocycles. The molecule has 0 saturated heterocycles. The fraction of sp³-hybridized carbons (Fsp3) is 0.350. The van der Waals surface area contributed by atoms with Crippen molar-refractivity contribution in [2.45, 2.75) is 26.9 Å². The van der Waals surface area contributed by atoms with Crippen molar-refractivity contribution in [1.29, 1.82) is 0 Å². The van der Waals surface area contributed by atoms with Gasteiger partial charge in [-0.05, 0) is 31.5 Å². The van der Waals surface area contributed by atoms with Crippen LogP contribution in [0, 0.1) is 19.7 Å². The Hall–Kier alpha value is -3.00. The molecule has 0 aliphatic carbocycles. The maximum absolute atomic E-state index is 13.2. The molecule has 7 nitrogen and oxygen atoms in total. The summed E-state index contributed by atoms with van der Waals surface area (Å²) >= 11 is 0. The van der Waals surface area contributed by atoms with E-state index < -0.39 is 0 Å². The number of ether oxygens (including phenoxy) is 1. The molecule has 3 rings (SSSR count). The van der Waals surface area contributed by atoms with Crippen LogP contribution in [0.2, 0.25) is 0 Å². The first-order valence-electron chi connectivity index (χ1n) is 8.98. The SMILES string of the molecule is COCCNC(=O)Cn1ncc2c(C)n(Cc3ccc(F)cc3)c(C)c2c1=O. The predicted molar refractivity (Wildman–Crippen MR) is 104 cm³/mol. The maximum atomic E-state index is 13.2. The molecule has 148 valence electrons. The minimum Gasteiger partial charge on any atom is -0.383 e. The Kier molecular flexibility index (Phi) is 5.89. The molecule has 0 spiro atoms. The summed E-state index contributed by atoms with van der Waals surface area (Å²) in [6.45, 7) is 4.92. The fourth-order valence-electron chi connectivity index (χ4n) is 3.25. The van der Waals surface area contributed by atoms with E-state index in [1.54, 1.807) is 25.4 Å². The fourth-order valence-corrected chi connectivity index (χ4v) is 3.25. The van der Waals surface area contributed by atoms with Crippen LogP contribution in [0.25, 0.3) is 10.8 Å². The van der Waals surface area contributed by atoms with Crippen molar-refractivity contribution in [3.8, 4) is 0 Å². The monoisotopic (exact) mass is 386 g/mol. The van der Waals surface area contributed by atoms with Gasteiger partial charge < -0.3 is 14.6 Å². The molecule has 2 aromatic heterocycles. The number of carbonyl (C=O) groups excluding carboxylic acids is 1. The van der Waals surface area contributed by atoms with Crippen LogP contribution in [-0.4, -0.2) is 40.5 Å². The van der Waals surface area contributed by atoms with Crippen LogP contribution in [-0.2, 0) is 22.6 Å². The van der Waals surface area contributed by atoms with E-state index in [1.807, 2.05) is 18.4 Å². The highest BCUT2D eigenvalue weighted by molar-refractivity contribution is 5.87. The molecule has 28 heavy (non-hydrogen) atoms. The highest BCUT2D eigenvalue weighted by Gasteiger charge is 2.17. The van der Waals surface area contributed by atoms with Crippen LogP contribution < -0.4 is 10.9 Å². The first-order chi connectivity index (χ1) is 13.4. The van der Waals surface area contributed by atoms with Crippen molar-refractivity contribution >= 4 is 16.7 Å². The summed E-state index contributed by atoms with van der Waals surface area (Å²) in [6.07, 6.45) is 1.61. The first kappa shape index (κ1) is 19.8. The molecular weight excluding hydrogens is 363 g/mol. The van der Waals surface area contributed by atoms with E-state index in [-0.39, 0.29) is 23.8 Å². The van der Waals surface area contributed by atoms with Gasteiger partial charge in [-0.3, -0.25) is 9.59 Å². The smallest absolute Gasteiger partial charge is 0.276 e. The van der Waals surface area contributed by atoms with Gasteiger partial charge in [-0.25, -0.2) is 9.07 Å². The molecule has 0 bridgehead atoms. The number of methoxy groups -OCH3 is 1. The van der Waals surface area contributed by atoms with Gasteiger partial charge in [0.1, 0.15) is 12.4 Å². The van der Waals surface area contributed by atoms with Crippen molar-refractivity contribution in [1.82, 2.24) is 19.7 Å². The van der Waals surface area contributed by atoms with Gasteiger partial charge in [0.25, 0.3) is 5.56 Å². The molecule has 3 aromatic rings. The van der Waals surface area contributed by atoms with Crippen molar-refractivity contribution in [3.05, 3.63) is 63.6 Å². The van der Waals surface area contributed by atoms with Crippen LogP contribution in [0.4, 0.5) is 4.39 Å². The molecule has 2 heterocycles. The third kappa shape index (κ3) is 3.96. The highest BCUT2D eigenvalue weighted by atomic mass is 19.1. The molecule has 1 aromatic carbocycles. The minimum atomic E-state index is -0.308. The quantitative estimate of drug-likeness (QED) is 0.628. The number of amides is 1. The molecule has 0 atom stereocenters. The maximum Gasteiger partial charge on any atom is 0.276 e. The van der Waals surface area contributed by atoms with Gasteiger partial charge in [0.15, 0.2) is 0 Å². The minimum absolute atomic E-state index is 0.153. The number of halogens is 1. The standard InChI is InChI=1S/C20H23FN4O3/c1-13-17-10-23-25(12-18(26)22-8-9-28-3)20(27)19(17)14(2)24(13)11-15-4-6-16(21)7-5-15/h4-7,10H,8-9,11-12H2,1-3H3,(H,22,26). The number of aromatic nitrogens is 3. The second-order valence-electron chi connectivity index (χ2n) is 6.62. The highest BCUT2D eigenvalue weighted by Crippen LogP contribution is 2.23. The normalized spacial score (nSPS) is 11.1. The number of hydrogen-bond donors (Lipinski definition) is 1. The Morgan fingerprint density at radius 3 is 2.61 bits per heavy atom. The van der Waals surface area contributed by atoms with Gasteiger partial charge in [-0.2, -0.15) is 5.10 Å². The zero-order valence-corrected chi connectivity index (χ0v) is 16.2. The van der Waals surface area contributed by atoms with Crippen LogP contribution in [0.5, 0.6) is 0 Å². The lowest BCUT2D eigenvalue weighted by atomic mass is 10.2. The zero-order valence-electron chi connectivity index (χ0n) is 16.2.